The number of nitrogens with two attached hydrogens (primary N) is 1. The largest absolute Gasteiger partial charge is 0.493 e. The van der Waals surface area contributed by atoms with Gasteiger partial charge in [-0.1, -0.05) is 28.1 Å². The van der Waals surface area contributed by atoms with E-state index < -0.39 is 0 Å². The molecule has 0 aliphatic heterocycles. The van der Waals surface area contributed by atoms with E-state index in [1.54, 1.807) is 13.3 Å². The molecule has 0 radical (unpaired) electrons. The fraction of sp³-hybridized carbons (Fsp3) is 0.400. The van der Waals surface area contributed by atoms with Gasteiger partial charge in [-0.05, 0) is 38.0 Å². The van der Waals surface area contributed by atoms with Gasteiger partial charge in [-0.3, -0.25) is 10.5 Å². The lowest BCUT2D eigenvalue weighted by atomic mass is 9.98. The molecule has 0 aliphatic rings. The van der Waals surface area contributed by atoms with Gasteiger partial charge in [0.1, 0.15) is 5.69 Å². The highest BCUT2D eigenvalue weighted by Crippen LogP contribution is 2.34. The quantitative estimate of drug-likeness (QED) is 0.640. The maximum absolute atomic E-state index is 5.85. The molecule has 1 atom stereocenters. The average Bonchev–Trinajstić information content (AvgIpc) is 2.88. The van der Waals surface area contributed by atoms with E-state index >= 15 is 0 Å². The molecule has 0 bridgehead atoms. The Bertz CT molecular complexity index is 624. The summed E-state index contributed by atoms with van der Waals surface area (Å²) in [4.78, 5) is 0. The van der Waals surface area contributed by atoms with E-state index in [1.165, 1.54) is 0 Å². The normalized spacial score (nSPS) is 12.7. The standard InChI is InChI=1S/C15H21BrN4O/c1-9(2)20-15(13(21-4)8-18-20)14(19-17)11-6-5-7-12(16)10(11)3/h5-9,14,19H,17H2,1-4H3. The van der Waals surface area contributed by atoms with Crippen molar-refractivity contribution in [1.29, 1.82) is 0 Å². The fourth-order valence-electron chi connectivity index (χ4n) is 2.45. The van der Waals surface area contributed by atoms with E-state index in [-0.39, 0.29) is 12.1 Å². The van der Waals surface area contributed by atoms with Gasteiger partial charge in [0.2, 0.25) is 0 Å². The Labute approximate surface area is 133 Å². The number of nitrogens with one attached hydrogen (secondary N) is 1. The first-order valence-corrected chi connectivity index (χ1v) is 7.63. The third-order valence-corrected chi connectivity index (χ3v) is 4.43. The van der Waals surface area contributed by atoms with E-state index in [0.717, 1.165) is 27.0 Å². The maximum Gasteiger partial charge on any atom is 0.161 e. The highest BCUT2D eigenvalue weighted by Gasteiger charge is 2.25. The lowest BCUT2D eigenvalue weighted by molar-refractivity contribution is 0.394. The summed E-state index contributed by atoms with van der Waals surface area (Å²) in [5.41, 5.74) is 6.05. The van der Waals surface area contributed by atoms with E-state index in [2.05, 4.69) is 53.3 Å². The Morgan fingerprint density at radius 2 is 2.10 bits per heavy atom. The molecule has 0 amide bonds. The summed E-state index contributed by atoms with van der Waals surface area (Å²) >= 11 is 3.57. The second-order valence-electron chi connectivity index (χ2n) is 5.19. The molecule has 3 N–H and O–H groups in total. The molecular formula is C15H21BrN4O. The third kappa shape index (κ3) is 2.97. The van der Waals surface area contributed by atoms with Crippen LogP contribution in [0.5, 0.6) is 5.75 Å². The molecule has 114 valence electrons. The number of hydrogen-bond donors (Lipinski definition) is 2. The van der Waals surface area contributed by atoms with Crippen LogP contribution < -0.4 is 16.0 Å². The Balaban J connectivity index is 2.61. The third-order valence-electron chi connectivity index (χ3n) is 3.57. The molecule has 1 unspecified atom stereocenters. The number of aromatic nitrogens is 2. The van der Waals surface area contributed by atoms with E-state index in [0.29, 0.717) is 0 Å². The molecule has 0 saturated carbocycles. The number of nitrogens with zero attached hydrogens (tertiary/aromatic N) is 2. The van der Waals surface area contributed by atoms with E-state index in [9.17, 15) is 0 Å². The molecule has 1 heterocycles. The molecule has 0 saturated heterocycles. The van der Waals surface area contributed by atoms with Crippen LogP contribution in [0.3, 0.4) is 0 Å². The van der Waals surface area contributed by atoms with Crippen molar-refractivity contribution >= 4 is 15.9 Å². The number of methoxy groups -OCH3 is 1. The van der Waals surface area contributed by atoms with E-state index in [4.69, 9.17) is 10.6 Å². The summed E-state index contributed by atoms with van der Waals surface area (Å²) < 4.78 is 8.44. The number of ether oxygens (including phenoxy) is 1. The number of benzene rings is 1. The summed E-state index contributed by atoms with van der Waals surface area (Å²) in [5, 5.41) is 4.42. The second kappa shape index (κ2) is 6.60. The number of rotatable bonds is 5. The number of halogens is 1. The van der Waals surface area contributed by atoms with Gasteiger partial charge in [-0.15, -0.1) is 0 Å². The zero-order valence-corrected chi connectivity index (χ0v) is 14.3. The van der Waals surface area contributed by atoms with Crippen molar-refractivity contribution in [3.8, 4) is 5.75 Å². The Kier molecular flexibility index (Phi) is 5.03. The van der Waals surface area contributed by atoms with Gasteiger partial charge in [-0.2, -0.15) is 5.10 Å². The molecule has 21 heavy (non-hydrogen) atoms. The molecule has 0 aliphatic carbocycles. The zero-order chi connectivity index (χ0) is 15.6. The van der Waals surface area contributed by atoms with Crippen molar-refractivity contribution in [2.24, 2.45) is 5.84 Å². The van der Waals surface area contributed by atoms with Gasteiger partial charge < -0.3 is 4.74 Å². The van der Waals surface area contributed by atoms with Gasteiger partial charge in [0.05, 0.1) is 19.3 Å². The molecule has 5 nitrogen and oxygen atoms in total. The first kappa shape index (κ1) is 16.0. The number of hydrazine groups is 1. The summed E-state index contributed by atoms with van der Waals surface area (Å²) in [5.74, 6) is 6.57. The molecule has 2 aromatic rings. The van der Waals surface area contributed by atoms with Crippen molar-refractivity contribution in [3.05, 3.63) is 45.7 Å². The summed E-state index contributed by atoms with van der Waals surface area (Å²) in [7, 11) is 1.65. The Hall–Kier alpha value is -1.37. The van der Waals surface area contributed by atoms with Crippen LogP contribution >= 0.6 is 15.9 Å². The SMILES string of the molecule is COc1cnn(C(C)C)c1C(NN)c1cccc(Br)c1C. The zero-order valence-electron chi connectivity index (χ0n) is 12.7. The van der Waals surface area contributed by atoms with Crippen molar-refractivity contribution in [1.82, 2.24) is 15.2 Å². The van der Waals surface area contributed by atoms with Crippen LogP contribution in [0, 0.1) is 6.92 Å². The highest BCUT2D eigenvalue weighted by molar-refractivity contribution is 9.10. The van der Waals surface area contributed by atoms with Gasteiger partial charge in [0, 0.05) is 10.5 Å². The molecule has 1 aromatic carbocycles. The Morgan fingerprint density at radius 1 is 1.38 bits per heavy atom. The fourth-order valence-corrected chi connectivity index (χ4v) is 2.83. The van der Waals surface area contributed by atoms with Crippen molar-refractivity contribution in [3.63, 3.8) is 0 Å². The first-order chi connectivity index (χ1) is 10.0. The maximum atomic E-state index is 5.85. The van der Waals surface area contributed by atoms with Crippen LogP contribution in [0.25, 0.3) is 0 Å². The second-order valence-corrected chi connectivity index (χ2v) is 6.04. The molecule has 6 heteroatoms. The molecule has 0 fully saturated rings. The predicted octanol–water partition coefficient (Wildman–Crippen LogP) is 3.10. The summed E-state index contributed by atoms with van der Waals surface area (Å²) in [6.07, 6.45) is 1.73. The highest BCUT2D eigenvalue weighted by atomic mass is 79.9. The summed E-state index contributed by atoms with van der Waals surface area (Å²) in [6.45, 7) is 6.22. The van der Waals surface area contributed by atoms with Crippen LogP contribution in [-0.2, 0) is 0 Å². The minimum absolute atomic E-state index is 0.192. The van der Waals surface area contributed by atoms with Gasteiger partial charge in [-0.25, -0.2) is 5.43 Å². The van der Waals surface area contributed by atoms with Crippen LogP contribution in [0.15, 0.2) is 28.9 Å². The monoisotopic (exact) mass is 352 g/mol. The summed E-state index contributed by atoms with van der Waals surface area (Å²) in [6, 6.07) is 6.10. The minimum Gasteiger partial charge on any atom is -0.493 e. The molecule has 1 aromatic heterocycles. The first-order valence-electron chi connectivity index (χ1n) is 6.83. The topological polar surface area (TPSA) is 65.1 Å². The van der Waals surface area contributed by atoms with Crippen LogP contribution in [0.1, 0.15) is 42.8 Å². The lowest BCUT2D eigenvalue weighted by Crippen LogP contribution is -2.32. The van der Waals surface area contributed by atoms with Crippen molar-refractivity contribution in [2.45, 2.75) is 32.9 Å². The van der Waals surface area contributed by atoms with Crippen molar-refractivity contribution in [2.75, 3.05) is 7.11 Å². The van der Waals surface area contributed by atoms with Crippen LogP contribution in [0.4, 0.5) is 0 Å². The minimum atomic E-state index is -0.192. The smallest absolute Gasteiger partial charge is 0.161 e. The Morgan fingerprint density at radius 3 is 2.67 bits per heavy atom. The molecule has 0 spiro atoms. The van der Waals surface area contributed by atoms with Crippen LogP contribution in [-0.4, -0.2) is 16.9 Å². The van der Waals surface area contributed by atoms with Gasteiger partial charge in [0.25, 0.3) is 0 Å². The predicted molar refractivity (Wildman–Crippen MR) is 87.2 cm³/mol. The van der Waals surface area contributed by atoms with Crippen LogP contribution in [0.2, 0.25) is 0 Å². The lowest BCUT2D eigenvalue weighted by Gasteiger charge is -2.23. The van der Waals surface area contributed by atoms with Gasteiger partial charge >= 0.3 is 0 Å². The average molecular weight is 353 g/mol. The molecule has 2 rings (SSSR count). The van der Waals surface area contributed by atoms with Crippen molar-refractivity contribution < 1.29 is 4.74 Å². The van der Waals surface area contributed by atoms with E-state index in [1.807, 2.05) is 16.8 Å². The number of hydrogen-bond acceptors (Lipinski definition) is 4. The van der Waals surface area contributed by atoms with Gasteiger partial charge in [0.15, 0.2) is 5.75 Å². The molecular weight excluding hydrogens is 332 g/mol.